The van der Waals surface area contributed by atoms with Crippen molar-refractivity contribution in [3.05, 3.63) is 53.6 Å². The number of rotatable bonds is 3. The van der Waals surface area contributed by atoms with E-state index in [0.717, 1.165) is 48.6 Å². The molecule has 2 heterocycles. The van der Waals surface area contributed by atoms with Crippen LogP contribution < -0.4 is 10.2 Å². The number of piperazine rings is 1. The molecule has 134 valence electrons. The molecule has 4 rings (SSSR count). The van der Waals surface area contributed by atoms with Crippen molar-refractivity contribution >= 4 is 28.4 Å². The van der Waals surface area contributed by atoms with Gasteiger partial charge in [0, 0.05) is 37.3 Å². The van der Waals surface area contributed by atoms with Gasteiger partial charge in [-0.2, -0.15) is 4.98 Å². The van der Waals surface area contributed by atoms with Crippen LogP contribution in [0.1, 0.15) is 11.1 Å². The van der Waals surface area contributed by atoms with E-state index >= 15 is 0 Å². The molecule has 5 nitrogen and oxygen atoms in total. The Kier molecular flexibility index (Phi) is 4.47. The molecule has 0 aliphatic carbocycles. The Morgan fingerprint density at radius 1 is 0.885 bits per heavy atom. The molecule has 0 spiro atoms. The molecular weight excluding hydrogens is 322 g/mol. The van der Waals surface area contributed by atoms with Crippen LogP contribution in [0.15, 0.2) is 42.5 Å². The minimum absolute atomic E-state index is 0.659. The summed E-state index contributed by atoms with van der Waals surface area (Å²) in [6.45, 7) is 8.33. The fraction of sp³-hybridized carbons (Fsp3) is 0.333. The molecule has 2 aromatic carbocycles. The van der Waals surface area contributed by atoms with Gasteiger partial charge in [0.2, 0.25) is 5.95 Å². The first-order chi connectivity index (χ1) is 12.6. The van der Waals surface area contributed by atoms with Crippen molar-refractivity contribution in [2.75, 3.05) is 43.4 Å². The zero-order valence-corrected chi connectivity index (χ0v) is 15.7. The van der Waals surface area contributed by atoms with Crippen molar-refractivity contribution in [3.8, 4) is 0 Å². The second-order valence-corrected chi connectivity index (χ2v) is 7.05. The standard InChI is InChI=1S/C21H25N5/c1-15-7-6-10-18(16(15)2)22-21-23-19-9-5-4-8-17(19)20(24-21)26-13-11-25(3)12-14-26/h4-10H,11-14H2,1-3H3,(H,22,23,24). The maximum Gasteiger partial charge on any atom is 0.229 e. The number of nitrogens with zero attached hydrogens (tertiary/aromatic N) is 4. The Morgan fingerprint density at radius 2 is 1.65 bits per heavy atom. The topological polar surface area (TPSA) is 44.3 Å². The molecule has 5 heteroatoms. The second kappa shape index (κ2) is 6.92. The normalized spacial score (nSPS) is 15.4. The van der Waals surface area contributed by atoms with Crippen LogP contribution in [0.2, 0.25) is 0 Å². The van der Waals surface area contributed by atoms with Crippen molar-refractivity contribution in [2.24, 2.45) is 0 Å². The van der Waals surface area contributed by atoms with E-state index in [9.17, 15) is 0 Å². The van der Waals surface area contributed by atoms with E-state index in [1.165, 1.54) is 11.1 Å². The van der Waals surface area contributed by atoms with E-state index in [-0.39, 0.29) is 0 Å². The number of hydrogen-bond acceptors (Lipinski definition) is 5. The quantitative estimate of drug-likeness (QED) is 0.782. The third kappa shape index (κ3) is 3.22. The number of likely N-dealkylation sites (N-methyl/N-ethyl adjacent to an activating group) is 1. The molecule has 0 bridgehead atoms. The number of hydrogen-bond donors (Lipinski definition) is 1. The molecule has 26 heavy (non-hydrogen) atoms. The average molecular weight is 347 g/mol. The van der Waals surface area contributed by atoms with Crippen molar-refractivity contribution < 1.29 is 0 Å². The van der Waals surface area contributed by atoms with Gasteiger partial charge in [-0.15, -0.1) is 0 Å². The molecule has 0 amide bonds. The lowest BCUT2D eigenvalue weighted by Gasteiger charge is -2.33. The van der Waals surface area contributed by atoms with Gasteiger partial charge in [-0.3, -0.25) is 0 Å². The zero-order chi connectivity index (χ0) is 18.1. The first-order valence-electron chi connectivity index (χ1n) is 9.15. The monoisotopic (exact) mass is 347 g/mol. The molecule has 1 saturated heterocycles. The Hall–Kier alpha value is -2.66. The molecule has 1 aliphatic rings. The lowest BCUT2D eigenvalue weighted by Crippen LogP contribution is -2.45. The van der Waals surface area contributed by atoms with Crippen LogP contribution in [0.25, 0.3) is 10.9 Å². The summed E-state index contributed by atoms with van der Waals surface area (Å²) in [7, 11) is 2.17. The summed E-state index contributed by atoms with van der Waals surface area (Å²) in [6, 6.07) is 14.5. The summed E-state index contributed by atoms with van der Waals surface area (Å²) in [4.78, 5) is 14.4. The lowest BCUT2D eigenvalue weighted by molar-refractivity contribution is 0.312. The summed E-state index contributed by atoms with van der Waals surface area (Å²) in [6.07, 6.45) is 0. The first-order valence-corrected chi connectivity index (χ1v) is 9.15. The summed E-state index contributed by atoms with van der Waals surface area (Å²) >= 11 is 0. The smallest absolute Gasteiger partial charge is 0.229 e. The largest absolute Gasteiger partial charge is 0.353 e. The van der Waals surface area contributed by atoms with Crippen LogP contribution in [-0.4, -0.2) is 48.1 Å². The van der Waals surface area contributed by atoms with E-state index in [0.29, 0.717) is 5.95 Å². The minimum atomic E-state index is 0.659. The van der Waals surface area contributed by atoms with Gasteiger partial charge in [0.15, 0.2) is 0 Å². The van der Waals surface area contributed by atoms with Gasteiger partial charge < -0.3 is 15.1 Å². The van der Waals surface area contributed by atoms with Gasteiger partial charge >= 0.3 is 0 Å². The van der Waals surface area contributed by atoms with Crippen molar-refractivity contribution in [1.29, 1.82) is 0 Å². The molecule has 3 aromatic rings. The number of para-hydroxylation sites is 1. The van der Waals surface area contributed by atoms with E-state index in [4.69, 9.17) is 9.97 Å². The lowest BCUT2D eigenvalue weighted by atomic mass is 10.1. The third-order valence-electron chi connectivity index (χ3n) is 5.24. The van der Waals surface area contributed by atoms with Crippen LogP contribution in [0.4, 0.5) is 17.5 Å². The van der Waals surface area contributed by atoms with E-state index in [2.05, 4.69) is 72.4 Å². The second-order valence-electron chi connectivity index (χ2n) is 7.05. The number of benzene rings is 2. The third-order valence-corrected chi connectivity index (χ3v) is 5.24. The van der Waals surface area contributed by atoms with Crippen LogP contribution in [-0.2, 0) is 0 Å². The van der Waals surface area contributed by atoms with Gasteiger partial charge in [0.1, 0.15) is 5.82 Å². The number of nitrogens with one attached hydrogen (secondary N) is 1. The Labute approximate surface area is 154 Å². The van der Waals surface area contributed by atoms with E-state index in [1.54, 1.807) is 0 Å². The Morgan fingerprint density at radius 3 is 2.46 bits per heavy atom. The molecule has 0 saturated carbocycles. The molecular formula is C21H25N5. The molecule has 0 atom stereocenters. The molecule has 1 aromatic heterocycles. The predicted molar refractivity (Wildman–Crippen MR) is 108 cm³/mol. The van der Waals surface area contributed by atoms with Crippen molar-refractivity contribution in [2.45, 2.75) is 13.8 Å². The molecule has 0 radical (unpaired) electrons. The highest BCUT2D eigenvalue weighted by Crippen LogP contribution is 2.28. The zero-order valence-electron chi connectivity index (χ0n) is 15.7. The fourth-order valence-corrected chi connectivity index (χ4v) is 3.38. The summed E-state index contributed by atoms with van der Waals surface area (Å²) in [5, 5.41) is 4.55. The van der Waals surface area contributed by atoms with Gasteiger partial charge in [-0.1, -0.05) is 24.3 Å². The van der Waals surface area contributed by atoms with Crippen LogP contribution >= 0.6 is 0 Å². The predicted octanol–water partition coefficient (Wildman–Crippen LogP) is 3.74. The minimum Gasteiger partial charge on any atom is -0.353 e. The average Bonchev–Trinajstić information content (AvgIpc) is 2.65. The van der Waals surface area contributed by atoms with E-state index in [1.807, 2.05) is 6.07 Å². The summed E-state index contributed by atoms with van der Waals surface area (Å²) in [5.74, 6) is 1.68. The molecule has 0 unspecified atom stereocenters. The molecule has 1 aliphatic heterocycles. The van der Waals surface area contributed by atoms with Crippen LogP contribution in [0.3, 0.4) is 0 Å². The maximum absolute atomic E-state index is 4.90. The van der Waals surface area contributed by atoms with Crippen LogP contribution in [0.5, 0.6) is 0 Å². The van der Waals surface area contributed by atoms with Gasteiger partial charge in [0.25, 0.3) is 0 Å². The highest BCUT2D eigenvalue weighted by molar-refractivity contribution is 5.91. The Balaban J connectivity index is 1.75. The van der Waals surface area contributed by atoms with Crippen molar-refractivity contribution in [3.63, 3.8) is 0 Å². The highest BCUT2D eigenvalue weighted by Gasteiger charge is 2.19. The van der Waals surface area contributed by atoms with Crippen molar-refractivity contribution in [1.82, 2.24) is 14.9 Å². The van der Waals surface area contributed by atoms with Gasteiger partial charge in [0.05, 0.1) is 5.52 Å². The number of aryl methyl sites for hydroxylation is 1. The summed E-state index contributed by atoms with van der Waals surface area (Å²) < 4.78 is 0. The number of anilines is 3. The van der Waals surface area contributed by atoms with E-state index < -0.39 is 0 Å². The molecule has 1 fully saturated rings. The fourth-order valence-electron chi connectivity index (χ4n) is 3.38. The van der Waals surface area contributed by atoms with Crippen LogP contribution in [0, 0.1) is 13.8 Å². The Bertz CT molecular complexity index is 929. The highest BCUT2D eigenvalue weighted by atomic mass is 15.3. The van der Waals surface area contributed by atoms with Gasteiger partial charge in [-0.25, -0.2) is 4.98 Å². The molecule has 1 N–H and O–H groups in total. The number of aromatic nitrogens is 2. The SMILES string of the molecule is Cc1cccc(Nc2nc(N3CCN(C)CC3)c3ccccc3n2)c1C. The maximum atomic E-state index is 4.90. The first kappa shape index (κ1) is 16.8. The number of fused-ring (bicyclic) bond motifs is 1. The van der Waals surface area contributed by atoms with Gasteiger partial charge in [-0.05, 0) is 50.2 Å². The summed E-state index contributed by atoms with van der Waals surface area (Å²) in [5.41, 5.74) is 4.52.